The molecule has 0 aromatic heterocycles. The lowest BCUT2D eigenvalue weighted by atomic mass is 9.75. The Bertz CT molecular complexity index is 298. The first-order valence-corrected chi connectivity index (χ1v) is 4.96. The molecule has 0 aromatic rings. The van der Waals surface area contributed by atoms with E-state index in [2.05, 4.69) is 0 Å². The molecule has 0 bridgehead atoms. The maximum Gasteiger partial charge on any atom is 0.171 e. The SMILES string of the molecule is CC1=CC=C(C)C(C)(C(Cl)Cl)C1=O. The van der Waals surface area contributed by atoms with Crippen molar-refractivity contribution in [1.82, 2.24) is 0 Å². The molecule has 0 spiro atoms. The van der Waals surface area contributed by atoms with Crippen LogP contribution in [0.3, 0.4) is 0 Å². The van der Waals surface area contributed by atoms with E-state index in [1.807, 2.05) is 13.0 Å². The highest BCUT2D eigenvalue weighted by Crippen LogP contribution is 2.41. The summed E-state index contributed by atoms with van der Waals surface area (Å²) in [6.45, 7) is 5.43. The number of carbonyl (C=O) groups excluding carboxylic acids is 1. The van der Waals surface area contributed by atoms with Gasteiger partial charge in [-0.3, -0.25) is 4.79 Å². The van der Waals surface area contributed by atoms with Gasteiger partial charge < -0.3 is 0 Å². The van der Waals surface area contributed by atoms with Crippen molar-refractivity contribution in [2.75, 3.05) is 0 Å². The van der Waals surface area contributed by atoms with Crippen LogP contribution in [0.4, 0.5) is 0 Å². The van der Waals surface area contributed by atoms with Crippen LogP contribution in [0.1, 0.15) is 20.8 Å². The van der Waals surface area contributed by atoms with Crippen LogP contribution in [0.15, 0.2) is 23.3 Å². The van der Waals surface area contributed by atoms with Crippen LogP contribution in [0.2, 0.25) is 0 Å². The molecular formula is C10H12Cl2O. The number of ketones is 1. The van der Waals surface area contributed by atoms with Gasteiger partial charge >= 0.3 is 0 Å². The third-order valence-corrected chi connectivity index (χ3v) is 3.54. The first-order chi connectivity index (χ1) is 5.90. The van der Waals surface area contributed by atoms with E-state index in [4.69, 9.17) is 23.2 Å². The van der Waals surface area contributed by atoms with Gasteiger partial charge in [-0.2, -0.15) is 0 Å². The number of hydrogen-bond acceptors (Lipinski definition) is 1. The van der Waals surface area contributed by atoms with Crippen LogP contribution < -0.4 is 0 Å². The van der Waals surface area contributed by atoms with Gasteiger partial charge in [0.15, 0.2) is 5.78 Å². The zero-order chi connectivity index (χ0) is 10.2. The molecule has 0 amide bonds. The van der Waals surface area contributed by atoms with Gasteiger partial charge in [0.1, 0.15) is 4.84 Å². The Balaban J connectivity index is 3.20. The molecule has 0 aromatic carbocycles. The van der Waals surface area contributed by atoms with Crippen molar-refractivity contribution >= 4 is 29.0 Å². The summed E-state index contributed by atoms with van der Waals surface area (Å²) in [6.07, 6.45) is 3.70. The molecule has 3 heteroatoms. The van der Waals surface area contributed by atoms with Crippen LogP contribution in [0.5, 0.6) is 0 Å². The molecule has 0 aliphatic heterocycles. The molecule has 1 atom stereocenters. The topological polar surface area (TPSA) is 17.1 Å². The van der Waals surface area contributed by atoms with Gasteiger partial charge in [0.2, 0.25) is 0 Å². The average molecular weight is 219 g/mol. The minimum Gasteiger partial charge on any atom is -0.293 e. The lowest BCUT2D eigenvalue weighted by Crippen LogP contribution is -2.37. The van der Waals surface area contributed by atoms with Gasteiger partial charge in [-0.1, -0.05) is 17.7 Å². The molecule has 0 radical (unpaired) electrons. The van der Waals surface area contributed by atoms with Crippen LogP contribution in [-0.4, -0.2) is 10.6 Å². The molecule has 1 nitrogen and oxygen atoms in total. The molecule has 0 saturated carbocycles. The highest BCUT2D eigenvalue weighted by atomic mass is 35.5. The number of halogens is 2. The van der Waals surface area contributed by atoms with E-state index < -0.39 is 10.3 Å². The normalized spacial score (nSPS) is 28.9. The van der Waals surface area contributed by atoms with Crippen molar-refractivity contribution in [1.29, 1.82) is 0 Å². The molecule has 0 N–H and O–H groups in total. The summed E-state index contributed by atoms with van der Waals surface area (Å²) in [5, 5.41) is 0. The summed E-state index contributed by atoms with van der Waals surface area (Å²) in [4.78, 5) is 11.1. The summed E-state index contributed by atoms with van der Waals surface area (Å²) < 4.78 is 0. The van der Waals surface area contributed by atoms with E-state index in [0.717, 1.165) is 5.57 Å². The lowest BCUT2D eigenvalue weighted by Gasteiger charge is -2.32. The molecular weight excluding hydrogens is 207 g/mol. The predicted octanol–water partition coefficient (Wildman–Crippen LogP) is 3.27. The van der Waals surface area contributed by atoms with Crippen LogP contribution in [0, 0.1) is 5.41 Å². The van der Waals surface area contributed by atoms with Gasteiger partial charge in [-0.15, -0.1) is 23.2 Å². The molecule has 72 valence electrons. The number of alkyl halides is 2. The fraction of sp³-hybridized carbons (Fsp3) is 0.500. The van der Waals surface area contributed by atoms with Crippen molar-refractivity contribution in [3.63, 3.8) is 0 Å². The number of Topliss-reactive ketones (excluding diaryl/α,β-unsaturated/α-hetero) is 1. The van der Waals surface area contributed by atoms with Crippen molar-refractivity contribution in [3.05, 3.63) is 23.3 Å². The van der Waals surface area contributed by atoms with Crippen LogP contribution >= 0.6 is 23.2 Å². The Morgan fingerprint density at radius 2 is 1.85 bits per heavy atom. The average Bonchev–Trinajstić information content (AvgIpc) is 2.08. The van der Waals surface area contributed by atoms with Crippen molar-refractivity contribution in [2.45, 2.75) is 25.6 Å². The van der Waals surface area contributed by atoms with Gasteiger partial charge in [0, 0.05) is 0 Å². The first kappa shape index (κ1) is 10.8. The largest absolute Gasteiger partial charge is 0.293 e. The minimum atomic E-state index is -0.748. The highest BCUT2D eigenvalue weighted by molar-refractivity contribution is 6.46. The number of rotatable bonds is 1. The smallest absolute Gasteiger partial charge is 0.171 e. The van der Waals surface area contributed by atoms with Gasteiger partial charge in [-0.25, -0.2) is 0 Å². The Morgan fingerprint density at radius 3 is 2.23 bits per heavy atom. The zero-order valence-corrected chi connectivity index (χ0v) is 9.41. The van der Waals surface area contributed by atoms with Crippen molar-refractivity contribution < 1.29 is 4.79 Å². The van der Waals surface area contributed by atoms with Gasteiger partial charge in [-0.05, 0) is 26.3 Å². The molecule has 1 aliphatic rings. The summed E-state index contributed by atoms with van der Waals surface area (Å²) >= 11 is 11.7. The van der Waals surface area contributed by atoms with E-state index in [-0.39, 0.29) is 5.78 Å². The third-order valence-electron chi connectivity index (χ3n) is 2.67. The molecule has 0 heterocycles. The van der Waals surface area contributed by atoms with E-state index in [9.17, 15) is 4.79 Å². The molecule has 1 rings (SSSR count). The Labute approximate surface area is 88.4 Å². The Kier molecular flexibility index (Phi) is 2.88. The number of hydrogen-bond donors (Lipinski definition) is 0. The first-order valence-electron chi connectivity index (χ1n) is 4.09. The minimum absolute atomic E-state index is 0.0162. The fourth-order valence-electron chi connectivity index (χ4n) is 1.36. The number of carbonyl (C=O) groups is 1. The molecule has 0 saturated heterocycles. The molecule has 1 aliphatic carbocycles. The Morgan fingerprint density at radius 1 is 1.31 bits per heavy atom. The lowest BCUT2D eigenvalue weighted by molar-refractivity contribution is -0.121. The standard InChI is InChI=1S/C10H12Cl2O/c1-6-4-5-7(2)10(3,8(6)13)9(11)12/h4-5,9H,1-3H3. The van der Waals surface area contributed by atoms with E-state index in [0.29, 0.717) is 5.57 Å². The summed E-state index contributed by atoms with van der Waals surface area (Å²) in [5.74, 6) is 0.0162. The van der Waals surface area contributed by atoms with E-state index in [1.54, 1.807) is 19.9 Å². The molecule has 1 unspecified atom stereocenters. The maximum absolute atomic E-state index is 11.8. The summed E-state index contributed by atoms with van der Waals surface area (Å²) in [6, 6.07) is 0. The second kappa shape index (κ2) is 3.47. The monoisotopic (exact) mass is 218 g/mol. The van der Waals surface area contributed by atoms with Gasteiger partial charge in [0.25, 0.3) is 0 Å². The van der Waals surface area contributed by atoms with Gasteiger partial charge in [0.05, 0.1) is 5.41 Å². The summed E-state index contributed by atoms with van der Waals surface area (Å²) in [7, 11) is 0. The third kappa shape index (κ3) is 1.55. The van der Waals surface area contributed by atoms with Crippen LogP contribution in [-0.2, 0) is 4.79 Å². The zero-order valence-electron chi connectivity index (χ0n) is 7.90. The second-order valence-electron chi connectivity index (χ2n) is 3.53. The van der Waals surface area contributed by atoms with E-state index >= 15 is 0 Å². The molecule has 0 fully saturated rings. The number of allylic oxidation sites excluding steroid dienone is 4. The Hall–Kier alpha value is -0.270. The quantitative estimate of drug-likeness (QED) is 0.618. The van der Waals surface area contributed by atoms with Crippen LogP contribution in [0.25, 0.3) is 0 Å². The summed E-state index contributed by atoms with van der Waals surface area (Å²) in [5.41, 5.74) is 0.875. The van der Waals surface area contributed by atoms with Crippen molar-refractivity contribution in [2.24, 2.45) is 5.41 Å². The fourth-order valence-corrected chi connectivity index (χ4v) is 1.90. The highest BCUT2D eigenvalue weighted by Gasteiger charge is 2.42. The van der Waals surface area contributed by atoms with E-state index in [1.165, 1.54) is 0 Å². The predicted molar refractivity (Wildman–Crippen MR) is 56.1 cm³/mol. The maximum atomic E-state index is 11.8. The molecule has 13 heavy (non-hydrogen) atoms. The van der Waals surface area contributed by atoms with Crippen molar-refractivity contribution in [3.8, 4) is 0 Å². The second-order valence-corrected chi connectivity index (χ2v) is 4.63.